The molecular weight excluding hydrogens is 276 g/mol. The van der Waals surface area contributed by atoms with Gasteiger partial charge in [0.2, 0.25) is 0 Å². The third-order valence-electron chi connectivity index (χ3n) is 4.45. The van der Waals surface area contributed by atoms with Crippen molar-refractivity contribution < 1.29 is 24.2 Å². The number of nitrogens with zero attached hydrogens (tertiary/aromatic N) is 1. The number of hydrogen-bond donors (Lipinski definition) is 2. The molecule has 7 heteroatoms. The number of urea groups is 1. The van der Waals surface area contributed by atoms with Crippen molar-refractivity contribution in [3.63, 3.8) is 0 Å². The number of methoxy groups -OCH3 is 1. The number of carboxylic acids is 1. The average molecular weight is 298 g/mol. The molecule has 21 heavy (non-hydrogen) atoms. The Morgan fingerprint density at radius 1 is 1.29 bits per heavy atom. The normalized spacial score (nSPS) is 25.9. The molecule has 1 aliphatic heterocycles. The zero-order valence-electron chi connectivity index (χ0n) is 12.2. The van der Waals surface area contributed by atoms with E-state index in [0.29, 0.717) is 12.5 Å². The summed E-state index contributed by atoms with van der Waals surface area (Å²) in [6, 6.07) is -1.42. The van der Waals surface area contributed by atoms with Crippen molar-refractivity contribution in [2.45, 2.75) is 50.6 Å². The van der Waals surface area contributed by atoms with Gasteiger partial charge < -0.3 is 20.1 Å². The number of fused-ring (bicyclic) bond motifs is 1. The third-order valence-corrected chi connectivity index (χ3v) is 4.45. The molecule has 2 N–H and O–H groups in total. The topological polar surface area (TPSA) is 95.9 Å². The molecule has 7 nitrogen and oxygen atoms in total. The van der Waals surface area contributed by atoms with E-state index in [1.165, 1.54) is 7.11 Å². The second-order valence-electron chi connectivity index (χ2n) is 5.71. The van der Waals surface area contributed by atoms with Gasteiger partial charge in [0.1, 0.15) is 6.04 Å². The number of ether oxygens (including phenoxy) is 1. The molecule has 0 spiro atoms. The highest BCUT2D eigenvalue weighted by Crippen LogP contribution is 2.36. The molecule has 2 rings (SSSR count). The highest BCUT2D eigenvalue weighted by Gasteiger charge is 2.38. The van der Waals surface area contributed by atoms with Gasteiger partial charge in [-0.3, -0.25) is 4.79 Å². The minimum atomic E-state index is -1.24. The second kappa shape index (κ2) is 6.78. The first-order valence-electron chi connectivity index (χ1n) is 7.39. The molecule has 0 bridgehead atoms. The number of aliphatic carboxylic acids is 1. The molecule has 1 saturated carbocycles. The molecule has 1 aliphatic carbocycles. The number of amides is 2. The van der Waals surface area contributed by atoms with Crippen molar-refractivity contribution in [2.75, 3.05) is 13.7 Å². The number of hydrogen-bond acceptors (Lipinski definition) is 4. The smallest absolute Gasteiger partial charge is 0.326 e. The predicted molar refractivity (Wildman–Crippen MR) is 73.7 cm³/mol. The summed E-state index contributed by atoms with van der Waals surface area (Å²) in [6.07, 6.45) is 4.96. The fraction of sp³-hybridized carbons (Fsp3) is 0.786. The minimum absolute atomic E-state index is 0.214. The molecule has 3 atom stereocenters. The Kier molecular flexibility index (Phi) is 5.03. The maximum atomic E-state index is 12.3. The van der Waals surface area contributed by atoms with Crippen LogP contribution in [0.25, 0.3) is 0 Å². The van der Waals surface area contributed by atoms with E-state index in [0.717, 1.165) is 32.1 Å². The van der Waals surface area contributed by atoms with Crippen molar-refractivity contribution in [1.82, 2.24) is 10.2 Å². The molecule has 2 unspecified atom stereocenters. The highest BCUT2D eigenvalue weighted by atomic mass is 16.5. The Morgan fingerprint density at radius 3 is 2.67 bits per heavy atom. The van der Waals surface area contributed by atoms with Gasteiger partial charge in [0.15, 0.2) is 0 Å². The molecule has 2 aliphatic rings. The van der Waals surface area contributed by atoms with Crippen LogP contribution in [0, 0.1) is 5.92 Å². The number of likely N-dealkylation sites (tertiary alicyclic amines) is 1. The molecule has 0 aromatic heterocycles. The maximum absolute atomic E-state index is 12.3. The van der Waals surface area contributed by atoms with Crippen LogP contribution in [-0.2, 0) is 14.3 Å². The van der Waals surface area contributed by atoms with E-state index in [1.54, 1.807) is 4.90 Å². The van der Waals surface area contributed by atoms with Crippen molar-refractivity contribution in [1.29, 1.82) is 0 Å². The molecular formula is C14H22N2O5. The number of esters is 1. The van der Waals surface area contributed by atoms with Gasteiger partial charge in [0.05, 0.1) is 13.5 Å². The first-order chi connectivity index (χ1) is 10.0. The van der Waals surface area contributed by atoms with Crippen LogP contribution < -0.4 is 5.32 Å². The summed E-state index contributed by atoms with van der Waals surface area (Å²) in [5, 5.41) is 11.6. The van der Waals surface area contributed by atoms with E-state index in [-0.39, 0.29) is 18.5 Å². The summed E-state index contributed by atoms with van der Waals surface area (Å²) < 4.78 is 4.46. The predicted octanol–water partition coefficient (Wildman–Crippen LogP) is 0.977. The van der Waals surface area contributed by atoms with Crippen LogP contribution in [0.3, 0.4) is 0 Å². The third kappa shape index (κ3) is 3.65. The first kappa shape index (κ1) is 15.6. The SMILES string of the molecule is COC(=O)C[C@H](NC(=O)N1CCCC2CCCC21)C(=O)O. The fourth-order valence-electron chi connectivity index (χ4n) is 3.39. The van der Waals surface area contributed by atoms with Crippen LogP contribution in [0.1, 0.15) is 38.5 Å². The average Bonchev–Trinajstić information content (AvgIpc) is 2.94. The Morgan fingerprint density at radius 2 is 2.00 bits per heavy atom. The van der Waals surface area contributed by atoms with Crippen LogP contribution >= 0.6 is 0 Å². The van der Waals surface area contributed by atoms with Crippen LogP contribution in [0.2, 0.25) is 0 Å². The first-order valence-corrected chi connectivity index (χ1v) is 7.39. The summed E-state index contributed by atoms with van der Waals surface area (Å²) >= 11 is 0. The maximum Gasteiger partial charge on any atom is 0.326 e. The van der Waals surface area contributed by atoms with Gasteiger partial charge in [-0.2, -0.15) is 0 Å². The van der Waals surface area contributed by atoms with Crippen molar-refractivity contribution in [3.05, 3.63) is 0 Å². The summed E-state index contributed by atoms with van der Waals surface area (Å²) in [4.78, 5) is 36.4. The molecule has 1 saturated heterocycles. The van der Waals surface area contributed by atoms with E-state index in [2.05, 4.69) is 10.1 Å². The van der Waals surface area contributed by atoms with Gasteiger partial charge in [0, 0.05) is 12.6 Å². The Bertz CT molecular complexity index is 426. The Hall–Kier alpha value is -1.79. The number of carbonyl (C=O) groups excluding carboxylic acids is 2. The molecule has 0 radical (unpaired) electrons. The lowest BCUT2D eigenvalue weighted by Crippen LogP contribution is -2.54. The van der Waals surface area contributed by atoms with Gasteiger partial charge in [0.25, 0.3) is 0 Å². The van der Waals surface area contributed by atoms with Gasteiger partial charge in [-0.1, -0.05) is 6.42 Å². The monoisotopic (exact) mass is 298 g/mol. The minimum Gasteiger partial charge on any atom is -0.480 e. The van der Waals surface area contributed by atoms with Crippen LogP contribution in [0.15, 0.2) is 0 Å². The lowest BCUT2D eigenvalue weighted by Gasteiger charge is -2.38. The zero-order chi connectivity index (χ0) is 15.4. The van der Waals surface area contributed by atoms with E-state index in [1.807, 2.05) is 0 Å². The molecule has 118 valence electrons. The van der Waals surface area contributed by atoms with E-state index in [4.69, 9.17) is 5.11 Å². The number of carboxylic acid groups (broad SMARTS) is 1. The molecule has 1 heterocycles. The van der Waals surface area contributed by atoms with Crippen LogP contribution in [0.4, 0.5) is 4.79 Å². The number of nitrogens with one attached hydrogen (secondary N) is 1. The molecule has 2 fully saturated rings. The summed E-state index contributed by atoms with van der Waals surface area (Å²) in [5.41, 5.74) is 0. The summed E-state index contributed by atoms with van der Waals surface area (Å²) in [6.45, 7) is 0.650. The van der Waals surface area contributed by atoms with E-state index >= 15 is 0 Å². The fourth-order valence-corrected chi connectivity index (χ4v) is 3.39. The van der Waals surface area contributed by atoms with Crippen molar-refractivity contribution in [2.24, 2.45) is 5.92 Å². The highest BCUT2D eigenvalue weighted by molar-refractivity contribution is 5.86. The van der Waals surface area contributed by atoms with Crippen molar-refractivity contribution >= 4 is 18.0 Å². The van der Waals surface area contributed by atoms with Gasteiger partial charge in [-0.15, -0.1) is 0 Å². The number of carbonyl (C=O) groups is 3. The van der Waals surface area contributed by atoms with Crippen molar-refractivity contribution in [3.8, 4) is 0 Å². The van der Waals surface area contributed by atoms with E-state index in [9.17, 15) is 14.4 Å². The summed E-state index contributed by atoms with van der Waals surface area (Å²) in [7, 11) is 1.19. The van der Waals surface area contributed by atoms with Gasteiger partial charge in [-0.05, 0) is 31.6 Å². The number of piperidine rings is 1. The molecule has 0 aromatic rings. The lowest BCUT2D eigenvalue weighted by molar-refractivity contribution is -0.147. The van der Waals surface area contributed by atoms with Gasteiger partial charge in [-0.25, -0.2) is 9.59 Å². The Labute approximate surface area is 123 Å². The quantitative estimate of drug-likeness (QED) is 0.754. The molecule has 2 amide bonds. The van der Waals surface area contributed by atoms with E-state index < -0.39 is 18.0 Å². The lowest BCUT2D eigenvalue weighted by atomic mass is 9.92. The number of rotatable bonds is 4. The standard InChI is InChI=1S/C14H22N2O5/c1-21-12(17)8-10(13(18)19)15-14(20)16-7-3-5-9-4-2-6-11(9)16/h9-11H,2-8H2,1H3,(H,15,20)(H,18,19)/t9?,10-,11?/m0/s1. The van der Waals surface area contributed by atoms with Gasteiger partial charge >= 0.3 is 18.0 Å². The van der Waals surface area contributed by atoms with Crippen LogP contribution in [-0.4, -0.2) is 53.7 Å². The largest absolute Gasteiger partial charge is 0.480 e. The zero-order valence-corrected chi connectivity index (χ0v) is 12.2. The van der Waals surface area contributed by atoms with Crippen LogP contribution in [0.5, 0.6) is 0 Å². The Balaban J connectivity index is 1.97. The molecule has 0 aromatic carbocycles. The summed E-state index contributed by atoms with van der Waals surface area (Å²) in [5.74, 6) is -1.35. The second-order valence-corrected chi connectivity index (χ2v) is 5.71.